The van der Waals surface area contributed by atoms with Crippen LogP contribution < -0.4 is 16.6 Å². The van der Waals surface area contributed by atoms with E-state index in [4.69, 9.17) is 0 Å². The largest absolute Gasteiger partial charge is 0.328 e. The fraction of sp³-hybridized carbons (Fsp3) is 0.333. The average Bonchev–Trinajstić information content (AvgIpc) is 2.84. The first-order chi connectivity index (χ1) is 8.75. The lowest BCUT2D eigenvalue weighted by molar-refractivity contribution is 0.575. The number of rotatable bonds is 6. The quantitative estimate of drug-likeness (QED) is 0.744. The van der Waals surface area contributed by atoms with Crippen LogP contribution in [0.2, 0.25) is 0 Å². The molecule has 96 valence electrons. The molecule has 0 aliphatic rings. The van der Waals surface area contributed by atoms with E-state index >= 15 is 0 Å². The van der Waals surface area contributed by atoms with E-state index in [9.17, 15) is 9.59 Å². The summed E-state index contributed by atoms with van der Waals surface area (Å²) in [5.74, 6) is 0. The molecule has 2 aromatic rings. The van der Waals surface area contributed by atoms with Crippen LogP contribution in [-0.4, -0.2) is 22.6 Å². The average molecular weight is 265 g/mol. The molecule has 0 atom stereocenters. The van der Waals surface area contributed by atoms with E-state index in [0.29, 0.717) is 13.1 Å². The summed E-state index contributed by atoms with van der Waals surface area (Å²) in [4.78, 5) is 24.5. The fourth-order valence-electron chi connectivity index (χ4n) is 1.61. The Morgan fingerprint density at radius 1 is 1.28 bits per heavy atom. The lowest BCUT2D eigenvalue weighted by Crippen LogP contribution is -2.32. The maximum atomic E-state index is 11.4. The Bertz CT molecular complexity index is 586. The van der Waals surface area contributed by atoms with Crippen LogP contribution >= 0.6 is 11.3 Å². The second-order valence-corrected chi connectivity index (χ2v) is 4.72. The van der Waals surface area contributed by atoms with Gasteiger partial charge in [-0.15, -0.1) is 0 Å². The maximum absolute atomic E-state index is 11.4. The topological polar surface area (TPSA) is 66.9 Å². The lowest BCUT2D eigenvalue weighted by atomic mass is 10.2. The molecular weight excluding hydrogens is 250 g/mol. The van der Waals surface area contributed by atoms with E-state index in [2.05, 4.69) is 27.1 Å². The molecule has 2 rings (SSSR count). The van der Waals surface area contributed by atoms with Crippen molar-refractivity contribution in [3.63, 3.8) is 0 Å². The Balaban J connectivity index is 1.72. The number of nitrogens with one attached hydrogen (secondary N) is 2. The Kier molecular flexibility index (Phi) is 4.49. The molecule has 0 bridgehead atoms. The van der Waals surface area contributed by atoms with Gasteiger partial charge in [0, 0.05) is 25.4 Å². The zero-order valence-electron chi connectivity index (χ0n) is 9.89. The molecule has 0 fully saturated rings. The van der Waals surface area contributed by atoms with Gasteiger partial charge in [0.1, 0.15) is 0 Å². The molecule has 2 N–H and O–H groups in total. The van der Waals surface area contributed by atoms with Gasteiger partial charge in [0.05, 0.1) is 0 Å². The molecule has 6 heteroatoms. The van der Waals surface area contributed by atoms with E-state index in [-0.39, 0.29) is 11.2 Å². The number of thiophene rings is 1. The zero-order chi connectivity index (χ0) is 12.8. The van der Waals surface area contributed by atoms with E-state index in [1.807, 2.05) is 0 Å². The Hall–Kier alpha value is -1.66. The van der Waals surface area contributed by atoms with E-state index in [1.54, 1.807) is 11.3 Å². The van der Waals surface area contributed by atoms with Crippen LogP contribution in [0, 0.1) is 0 Å². The number of hydrogen-bond acceptors (Lipinski definition) is 4. The second kappa shape index (κ2) is 6.32. The monoisotopic (exact) mass is 265 g/mol. The summed E-state index contributed by atoms with van der Waals surface area (Å²) in [6.07, 6.45) is 2.51. The molecule has 0 saturated carbocycles. The van der Waals surface area contributed by atoms with Crippen LogP contribution in [0.4, 0.5) is 0 Å². The number of aromatic nitrogens is 2. The maximum Gasteiger partial charge on any atom is 0.328 e. The zero-order valence-corrected chi connectivity index (χ0v) is 10.7. The van der Waals surface area contributed by atoms with Crippen LogP contribution in [0.25, 0.3) is 0 Å². The predicted octanol–water partition coefficient (Wildman–Crippen LogP) is 0.430. The molecule has 0 aliphatic carbocycles. The van der Waals surface area contributed by atoms with Crippen molar-refractivity contribution in [2.75, 3.05) is 13.1 Å². The van der Waals surface area contributed by atoms with Gasteiger partial charge < -0.3 is 5.32 Å². The molecule has 2 heterocycles. The third-order valence-corrected chi connectivity index (χ3v) is 3.33. The third kappa shape index (κ3) is 3.68. The van der Waals surface area contributed by atoms with Crippen LogP contribution in [0.15, 0.2) is 38.7 Å². The molecule has 0 saturated heterocycles. The van der Waals surface area contributed by atoms with Crippen LogP contribution in [0.5, 0.6) is 0 Å². The number of aromatic amines is 1. The van der Waals surface area contributed by atoms with Crippen molar-refractivity contribution < 1.29 is 0 Å². The molecule has 0 radical (unpaired) electrons. The Labute approximate surface area is 108 Å². The van der Waals surface area contributed by atoms with Gasteiger partial charge in [0.25, 0.3) is 5.56 Å². The number of hydrogen-bond donors (Lipinski definition) is 2. The molecule has 0 aliphatic heterocycles. The van der Waals surface area contributed by atoms with Crippen molar-refractivity contribution in [3.05, 3.63) is 55.5 Å². The van der Waals surface area contributed by atoms with E-state index in [1.165, 1.54) is 22.4 Å². The molecule has 0 aromatic carbocycles. The molecular formula is C12H15N3O2S. The van der Waals surface area contributed by atoms with Crippen LogP contribution in [0.1, 0.15) is 5.56 Å². The summed E-state index contributed by atoms with van der Waals surface area (Å²) in [5, 5.41) is 7.46. The van der Waals surface area contributed by atoms with Gasteiger partial charge in [0.2, 0.25) is 0 Å². The molecule has 18 heavy (non-hydrogen) atoms. The van der Waals surface area contributed by atoms with E-state index in [0.717, 1.165) is 13.0 Å². The van der Waals surface area contributed by atoms with Crippen molar-refractivity contribution in [2.45, 2.75) is 13.0 Å². The number of nitrogens with zero attached hydrogens (tertiary/aromatic N) is 1. The molecule has 2 aromatic heterocycles. The van der Waals surface area contributed by atoms with Crippen molar-refractivity contribution in [1.82, 2.24) is 14.9 Å². The summed E-state index contributed by atoms with van der Waals surface area (Å²) in [6.45, 7) is 2.14. The van der Waals surface area contributed by atoms with Gasteiger partial charge in [-0.3, -0.25) is 14.3 Å². The first kappa shape index (κ1) is 12.8. The number of H-pyrrole nitrogens is 1. The first-order valence-electron chi connectivity index (χ1n) is 5.77. The summed E-state index contributed by atoms with van der Waals surface area (Å²) in [6, 6.07) is 3.46. The first-order valence-corrected chi connectivity index (χ1v) is 6.71. The predicted molar refractivity (Wildman–Crippen MR) is 72.2 cm³/mol. The minimum absolute atomic E-state index is 0.359. The normalized spacial score (nSPS) is 10.7. The Morgan fingerprint density at radius 2 is 2.17 bits per heavy atom. The molecule has 0 amide bonds. The summed E-state index contributed by atoms with van der Waals surface area (Å²) >= 11 is 1.70. The Morgan fingerprint density at radius 3 is 2.89 bits per heavy atom. The fourth-order valence-corrected chi connectivity index (χ4v) is 2.32. The summed E-state index contributed by atoms with van der Waals surface area (Å²) in [7, 11) is 0. The highest BCUT2D eigenvalue weighted by atomic mass is 32.1. The molecule has 5 nitrogen and oxygen atoms in total. The summed E-state index contributed by atoms with van der Waals surface area (Å²) in [5.41, 5.74) is 0.609. The smallest absolute Gasteiger partial charge is 0.315 e. The standard InChI is InChI=1S/C12H15N3O2S/c16-11-2-6-15(12(17)14-11)7-5-13-4-1-10-3-8-18-9-10/h2-3,6,8-9,13H,1,4-5,7H2,(H,14,16,17). The van der Waals surface area contributed by atoms with Crippen molar-refractivity contribution in [3.8, 4) is 0 Å². The van der Waals surface area contributed by atoms with Gasteiger partial charge in [0.15, 0.2) is 0 Å². The van der Waals surface area contributed by atoms with Gasteiger partial charge >= 0.3 is 5.69 Å². The lowest BCUT2D eigenvalue weighted by Gasteiger charge is -2.05. The molecule has 0 unspecified atom stereocenters. The highest BCUT2D eigenvalue weighted by Gasteiger charge is 1.96. The van der Waals surface area contributed by atoms with Crippen molar-refractivity contribution in [2.24, 2.45) is 0 Å². The van der Waals surface area contributed by atoms with Gasteiger partial charge in [-0.1, -0.05) is 0 Å². The molecule has 0 spiro atoms. The highest BCUT2D eigenvalue weighted by Crippen LogP contribution is 2.05. The highest BCUT2D eigenvalue weighted by molar-refractivity contribution is 7.07. The van der Waals surface area contributed by atoms with Crippen LogP contribution in [-0.2, 0) is 13.0 Å². The van der Waals surface area contributed by atoms with Gasteiger partial charge in [-0.2, -0.15) is 11.3 Å². The second-order valence-electron chi connectivity index (χ2n) is 3.94. The van der Waals surface area contributed by atoms with Crippen LogP contribution in [0.3, 0.4) is 0 Å². The van der Waals surface area contributed by atoms with Crippen molar-refractivity contribution >= 4 is 11.3 Å². The van der Waals surface area contributed by atoms with E-state index < -0.39 is 0 Å². The van der Waals surface area contributed by atoms with Gasteiger partial charge in [-0.05, 0) is 35.4 Å². The minimum Gasteiger partial charge on any atom is -0.315 e. The van der Waals surface area contributed by atoms with Crippen molar-refractivity contribution in [1.29, 1.82) is 0 Å². The minimum atomic E-state index is -0.360. The van der Waals surface area contributed by atoms with Gasteiger partial charge in [-0.25, -0.2) is 4.79 Å². The summed E-state index contributed by atoms with van der Waals surface area (Å²) < 4.78 is 1.49. The SMILES string of the molecule is O=c1ccn(CCNCCc2ccsc2)c(=O)[nH]1. The third-order valence-electron chi connectivity index (χ3n) is 2.60.